The third kappa shape index (κ3) is 2.09. The molecule has 1 heterocycles. The van der Waals surface area contributed by atoms with E-state index in [-0.39, 0.29) is 6.04 Å². The van der Waals surface area contributed by atoms with E-state index in [1.807, 2.05) is 30.8 Å². The molecule has 3 aromatic rings. The fourth-order valence-electron chi connectivity index (χ4n) is 2.74. The van der Waals surface area contributed by atoms with Crippen molar-refractivity contribution in [2.75, 3.05) is 0 Å². The Hall–Kier alpha value is -2.17. The van der Waals surface area contributed by atoms with Gasteiger partial charge in [0.15, 0.2) is 0 Å². The van der Waals surface area contributed by atoms with Crippen molar-refractivity contribution < 1.29 is 0 Å². The van der Waals surface area contributed by atoms with Gasteiger partial charge in [0.05, 0.1) is 17.4 Å². The van der Waals surface area contributed by atoms with Crippen molar-refractivity contribution in [3.8, 4) is 0 Å². The number of rotatable bonds is 3. The molecule has 0 bridgehead atoms. The first-order valence-electron chi connectivity index (χ1n) is 6.65. The highest BCUT2D eigenvalue weighted by molar-refractivity contribution is 5.86. The molecular weight excluding hydrogens is 248 g/mol. The summed E-state index contributed by atoms with van der Waals surface area (Å²) in [6, 6.07) is 16.6. The fraction of sp³-hybridized carbons (Fsp3) is 0.188. The highest BCUT2D eigenvalue weighted by Crippen LogP contribution is 2.28. The van der Waals surface area contributed by atoms with E-state index in [1.165, 1.54) is 10.8 Å². The summed E-state index contributed by atoms with van der Waals surface area (Å²) in [5.74, 6) is 5.81. The summed E-state index contributed by atoms with van der Waals surface area (Å²) in [4.78, 5) is 0. The number of hydrazine groups is 1. The highest BCUT2D eigenvalue weighted by Gasteiger charge is 2.18. The first-order chi connectivity index (χ1) is 9.70. The molecule has 0 aliphatic heterocycles. The summed E-state index contributed by atoms with van der Waals surface area (Å²) in [6.45, 7) is 1.99. The van der Waals surface area contributed by atoms with Gasteiger partial charge in [-0.1, -0.05) is 42.5 Å². The van der Waals surface area contributed by atoms with E-state index in [0.717, 1.165) is 17.0 Å². The predicted octanol–water partition coefficient (Wildman–Crippen LogP) is 2.43. The summed E-state index contributed by atoms with van der Waals surface area (Å²) in [5.41, 5.74) is 6.13. The molecule has 0 spiro atoms. The quantitative estimate of drug-likeness (QED) is 0.565. The first kappa shape index (κ1) is 12.8. The van der Waals surface area contributed by atoms with E-state index in [2.05, 4.69) is 46.9 Å². The Bertz CT molecular complexity index is 740. The van der Waals surface area contributed by atoms with E-state index in [4.69, 9.17) is 5.84 Å². The third-order valence-corrected chi connectivity index (χ3v) is 3.63. The SMILES string of the molecule is Cc1cc(C(NN)c2cccc3ccccc23)n(C)n1. The van der Waals surface area contributed by atoms with E-state index in [1.54, 1.807) is 0 Å². The minimum atomic E-state index is -0.0766. The van der Waals surface area contributed by atoms with E-state index in [9.17, 15) is 0 Å². The molecular formula is C16H18N4. The molecule has 0 fully saturated rings. The van der Waals surface area contributed by atoms with E-state index in [0.29, 0.717) is 0 Å². The minimum absolute atomic E-state index is 0.0766. The van der Waals surface area contributed by atoms with Gasteiger partial charge in [-0.3, -0.25) is 10.5 Å². The molecule has 1 aromatic heterocycles. The molecule has 0 amide bonds. The smallest absolute Gasteiger partial charge is 0.0884 e. The number of nitrogens with two attached hydrogens (primary N) is 1. The maximum absolute atomic E-state index is 5.81. The lowest BCUT2D eigenvalue weighted by molar-refractivity contribution is 0.577. The third-order valence-electron chi connectivity index (χ3n) is 3.63. The Labute approximate surface area is 118 Å². The average molecular weight is 266 g/mol. The normalized spacial score (nSPS) is 12.8. The summed E-state index contributed by atoms with van der Waals surface area (Å²) in [6.07, 6.45) is 0. The number of hydrogen-bond donors (Lipinski definition) is 2. The standard InChI is InChI=1S/C16H18N4/c1-11-10-15(20(2)19-11)16(18-17)14-9-5-7-12-6-3-4-8-13(12)14/h3-10,16,18H,17H2,1-2H3. The van der Waals surface area contributed by atoms with Gasteiger partial charge in [-0.25, -0.2) is 5.43 Å². The van der Waals surface area contributed by atoms with E-state index < -0.39 is 0 Å². The summed E-state index contributed by atoms with van der Waals surface area (Å²) in [7, 11) is 1.94. The summed E-state index contributed by atoms with van der Waals surface area (Å²) >= 11 is 0. The van der Waals surface area contributed by atoms with Crippen LogP contribution in [0.4, 0.5) is 0 Å². The van der Waals surface area contributed by atoms with Gasteiger partial charge in [-0.15, -0.1) is 0 Å². The molecule has 20 heavy (non-hydrogen) atoms. The van der Waals surface area contributed by atoms with Crippen LogP contribution in [0.15, 0.2) is 48.5 Å². The molecule has 102 valence electrons. The van der Waals surface area contributed by atoms with Gasteiger partial charge >= 0.3 is 0 Å². The number of nitrogens with one attached hydrogen (secondary N) is 1. The van der Waals surface area contributed by atoms with Crippen LogP contribution in [0.3, 0.4) is 0 Å². The van der Waals surface area contributed by atoms with Gasteiger partial charge in [0.2, 0.25) is 0 Å². The number of fused-ring (bicyclic) bond motifs is 1. The molecule has 3 rings (SSSR count). The maximum atomic E-state index is 5.81. The Balaban J connectivity index is 2.19. The number of nitrogens with zero attached hydrogens (tertiary/aromatic N) is 2. The molecule has 4 nitrogen and oxygen atoms in total. The molecule has 4 heteroatoms. The lowest BCUT2D eigenvalue weighted by atomic mass is 9.97. The van der Waals surface area contributed by atoms with Gasteiger partial charge < -0.3 is 0 Å². The Morgan fingerprint density at radius 2 is 1.90 bits per heavy atom. The van der Waals surface area contributed by atoms with E-state index >= 15 is 0 Å². The molecule has 0 radical (unpaired) electrons. The lowest BCUT2D eigenvalue weighted by Gasteiger charge is -2.18. The second-order valence-electron chi connectivity index (χ2n) is 5.00. The van der Waals surface area contributed by atoms with Crippen molar-refractivity contribution in [3.63, 3.8) is 0 Å². The summed E-state index contributed by atoms with van der Waals surface area (Å²) < 4.78 is 1.88. The molecule has 0 saturated carbocycles. The van der Waals surface area contributed by atoms with Crippen LogP contribution in [-0.4, -0.2) is 9.78 Å². The number of aromatic nitrogens is 2. The number of benzene rings is 2. The second kappa shape index (κ2) is 5.07. The highest BCUT2D eigenvalue weighted by atomic mass is 15.3. The number of hydrogen-bond acceptors (Lipinski definition) is 3. The Morgan fingerprint density at radius 3 is 2.60 bits per heavy atom. The molecule has 1 unspecified atom stereocenters. The van der Waals surface area contributed by atoms with Crippen LogP contribution in [0, 0.1) is 6.92 Å². The van der Waals surface area contributed by atoms with Gasteiger partial charge in [0.25, 0.3) is 0 Å². The van der Waals surface area contributed by atoms with Crippen LogP contribution >= 0.6 is 0 Å². The Morgan fingerprint density at radius 1 is 1.15 bits per heavy atom. The minimum Gasteiger partial charge on any atom is -0.271 e. The van der Waals surface area contributed by atoms with Crippen LogP contribution in [0.1, 0.15) is 23.0 Å². The van der Waals surface area contributed by atoms with Crippen LogP contribution in [0.2, 0.25) is 0 Å². The van der Waals surface area contributed by atoms with Gasteiger partial charge in [-0.2, -0.15) is 5.10 Å². The predicted molar refractivity (Wildman–Crippen MR) is 81.1 cm³/mol. The molecule has 3 N–H and O–H groups in total. The second-order valence-corrected chi connectivity index (χ2v) is 5.00. The molecule has 0 aliphatic carbocycles. The van der Waals surface area contributed by atoms with Crippen molar-refractivity contribution in [2.24, 2.45) is 12.9 Å². The molecule has 0 saturated heterocycles. The van der Waals surface area contributed by atoms with Crippen LogP contribution < -0.4 is 11.3 Å². The Kier molecular flexibility index (Phi) is 3.26. The fourth-order valence-corrected chi connectivity index (χ4v) is 2.74. The van der Waals surface area contributed by atoms with Crippen LogP contribution in [0.5, 0.6) is 0 Å². The number of aryl methyl sites for hydroxylation is 2. The maximum Gasteiger partial charge on any atom is 0.0884 e. The van der Waals surface area contributed by atoms with Crippen LogP contribution in [0.25, 0.3) is 10.8 Å². The zero-order chi connectivity index (χ0) is 14.1. The largest absolute Gasteiger partial charge is 0.271 e. The zero-order valence-corrected chi connectivity index (χ0v) is 11.7. The zero-order valence-electron chi connectivity index (χ0n) is 11.7. The van der Waals surface area contributed by atoms with Crippen molar-refractivity contribution in [1.82, 2.24) is 15.2 Å². The van der Waals surface area contributed by atoms with Crippen molar-refractivity contribution >= 4 is 10.8 Å². The molecule has 2 aromatic carbocycles. The van der Waals surface area contributed by atoms with Crippen LogP contribution in [-0.2, 0) is 7.05 Å². The molecule has 1 atom stereocenters. The average Bonchev–Trinajstić information content (AvgIpc) is 2.79. The van der Waals surface area contributed by atoms with Crippen molar-refractivity contribution in [3.05, 3.63) is 65.5 Å². The molecule has 0 aliphatic rings. The van der Waals surface area contributed by atoms with Gasteiger partial charge in [-0.05, 0) is 29.3 Å². The first-order valence-corrected chi connectivity index (χ1v) is 6.65. The van der Waals surface area contributed by atoms with Crippen molar-refractivity contribution in [1.29, 1.82) is 0 Å². The van der Waals surface area contributed by atoms with Gasteiger partial charge in [0.1, 0.15) is 0 Å². The lowest BCUT2D eigenvalue weighted by Crippen LogP contribution is -2.30. The van der Waals surface area contributed by atoms with Crippen molar-refractivity contribution in [2.45, 2.75) is 13.0 Å². The summed E-state index contributed by atoms with van der Waals surface area (Å²) in [5, 5.41) is 6.82. The monoisotopic (exact) mass is 266 g/mol. The topological polar surface area (TPSA) is 55.9 Å². The van der Waals surface area contributed by atoms with Gasteiger partial charge in [0, 0.05) is 7.05 Å².